The normalized spacial score (nSPS) is 18.2. The Labute approximate surface area is 119 Å². The van der Waals surface area contributed by atoms with Gasteiger partial charge in [-0.15, -0.1) is 0 Å². The Bertz CT molecular complexity index is 600. The summed E-state index contributed by atoms with van der Waals surface area (Å²) >= 11 is 3.20. The maximum atomic E-state index is 12.0. The van der Waals surface area contributed by atoms with E-state index in [4.69, 9.17) is 9.93 Å². The summed E-state index contributed by atoms with van der Waals surface area (Å²) in [6.45, 7) is 1.67. The highest BCUT2D eigenvalue weighted by Gasteiger charge is 2.29. The van der Waals surface area contributed by atoms with Gasteiger partial charge < -0.3 is 4.52 Å². The third-order valence-corrected chi connectivity index (χ3v) is 5.46. The third-order valence-electron chi connectivity index (χ3n) is 2.84. The van der Waals surface area contributed by atoms with E-state index in [9.17, 15) is 8.42 Å². The largest absolute Gasteiger partial charge is 0.379 e. The van der Waals surface area contributed by atoms with E-state index in [1.54, 1.807) is 0 Å². The van der Waals surface area contributed by atoms with Crippen molar-refractivity contribution < 1.29 is 17.7 Å². The molecule has 0 aromatic carbocycles. The molecule has 0 radical (unpaired) electrons. The lowest BCUT2D eigenvalue weighted by atomic mass is 10.4. The Morgan fingerprint density at radius 1 is 1.37 bits per heavy atom. The monoisotopic (exact) mass is 354 g/mol. The zero-order valence-electron chi connectivity index (χ0n) is 10.6. The van der Waals surface area contributed by atoms with Crippen molar-refractivity contribution in [3.05, 3.63) is 10.2 Å². The quantitative estimate of drug-likeness (QED) is 0.622. The molecule has 1 saturated heterocycles. The predicted molar refractivity (Wildman–Crippen MR) is 67.9 cm³/mol. The molecule has 1 fully saturated rings. The van der Waals surface area contributed by atoms with Gasteiger partial charge in [0.1, 0.15) is 0 Å². The average molecular weight is 355 g/mol. The van der Waals surface area contributed by atoms with Gasteiger partial charge >= 0.3 is 10.2 Å². The molecule has 9 nitrogen and oxygen atoms in total. The van der Waals surface area contributed by atoms with E-state index >= 15 is 0 Å². The van der Waals surface area contributed by atoms with Gasteiger partial charge in [-0.05, 0) is 5.27 Å². The van der Waals surface area contributed by atoms with Crippen LogP contribution in [0.1, 0.15) is 0 Å². The molecule has 0 atom stereocenters. The van der Waals surface area contributed by atoms with Crippen molar-refractivity contribution in [2.45, 2.75) is 0 Å². The summed E-state index contributed by atoms with van der Waals surface area (Å²) in [6, 6.07) is 0. The Morgan fingerprint density at radius 3 is 2.37 bits per heavy atom. The average Bonchev–Trinajstić information content (AvgIpc) is 2.70. The third kappa shape index (κ3) is 2.68. The van der Waals surface area contributed by atoms with E-state index in [0.29, 0.717) is 30.8 Å². The second-order valence-electron chi connectivity index (χ2n) is 4.23. The van der Waals surface area contributed by atoms with Crippen molar-refractivity contribution in [1.29, 1.82) is 5.41 Å². The fourth-order valence-corrected chi connectivity index (χ4v) is 3.20. The molecule has 0 unspecified atom stereocenters. The summed E-state index contributed by atoms with van der Waals surface area (Å²) in [5.74, 6) is 0. The lowest BCUT2D eigenvalue weighted by molar-refractivity contribution is -0.773. The van der Waals surface area contributed by atoms with Gasteiger partial charge in [-0.1, -0.05) is 4.79 Å². The number of nitrogens with zero attached hydrogens (tertiary/aromatic N) is 5. The van der Waals surface area contributed by atoms with Crippen LogP contribution in [0, 0.1) is 5.41 Å². The molecular formula is C8H15BrN6O3S. The zero-order chi connectivity index (χ0) is 14.2. The molecule has 2 heterocycles. The van der Waals surface area contributed by atoms with Crippen LogP contribution in [0.2, 0.25) is 0 Å². The minimum absolute atomic E-state index is 0.0663. The van der Waals surface area contributed by atoms with E-state index in [1.165, 1.54) is 27.5 Å². The summed E-state index contributed by atoms with van der Waals surface area (Å²) < 4.78 is 31.7. The van der Waals surface area contributed by atoms with Gasteiger partial charge in [0.15, 0.2) is 0 Å². The first-order valence-corrected chi connectivity index (χ1v) is 7.75. The molecule has 0 spiro atoms. The summed E-state index contributed by atoms with van der Waals surface area (Å²) in [6.07, 6.45) is 0. The van der Waals surface area contributed by atoms with Crippen molar-refractivity contribution in [2.24, 2.45) is 0 Å². The Balaban J connectivity index is 2.08. The van der Waals surface area contributed by atoms with Crippen molar-refractivity contribution in [3.8, 4) is 0 Å². The van der Waals surface area contributed by atoms with Crippen LogP contribution >= 0.6 is 15.9 Å². The zero-order valence-corrected chi connectivity index (χ0v) is 13.0. The molecule has 1 N–H and O–H groups in total. The van der Waals surface area contributed by atoms with Gasteiger partial charge in [-0.3, -0.25) is 10.4 Å². The fourth-order valence-electron chi connectivity index (χ4n) is 1.75. The summed E-state index contributed by atoms with van der Waals surface area (Å²) in [4.78, 5) is 1.43. The topological polar surface area (TPSA) is 98.8 Å². The van der Waals surface area contributed by atoms with E-state index in [-0.39, 0.29) is 5.55 Å². The first-order chi connectivity index (χ1) is 8.84. The van der Waals surface area contributed by atoms with Crippen LogP contribution in [-0.4, -0.2) is 57.3 Å². The van der Waals surface area contributed by atoms with Crippen LogP contribution in [0.5, 0.6) is 0 Å². The molecule has 19 heavy (non-hydrogen) atoms. The lowest BCUT2D eigenvalue weighted by Crippen LogP contribution is -2.68. The van der Waals surface area contributed by atoms with Gasteiger partial charge in [0, 0.05) is 56.2 Å². The van der Waals surface area contributed by atoms with Crippen LogP contribution in [0.15, 0.2) is 9.13 Å². The minimum atomic E-state index is -3.37. The minimum Gasteiger partial charge on any atom is -0.379 e. The number of rotatable bonds is 3. The summed E-state index contributed by atoms with van der Waals surface area (Å²) in [7, 11) is -0.350. The van der Waals surface area contributed by atoms with Gasteiger partial charge in [0.2, 0.25) is 0 Å². The number of halogens is 1. The van der Waals surface area contributed by atoms with Crippen LogP contribution in [0.4, 0.5) is 0 Å². The van der Waals surface area contributed by atoms with Gasteiger partial charge in [0.25, 0.3) is 10.2 Å². The second-order valence-corrected chi connectivity index (χ2v) is 7.12. The fraction of sp³-hybridized carbons (Fsp3) is 0.750. The number of aromatic nitrogens is 2. The smallest absolute Gasteiger partial charge is 0.332 e. The first kappa shape index (κ1) is 14.5. The molecule has 0 aliphatic carbocycles. The van der Waals surface area contributed by atoms with E-state index in [2.05, 4.69) is 21.2 Å². The molecule has 2 rings (SSSR count). The van der Waals surface area contributed by atoms with Crippen LogP contribution in [0.3, 0.4) is 0 Å². The van der Waals surface area contributed by atoms with Crippen molar-refractivity contribution in [2.75, 3.05) is 45.3 Å². The Hall–Kier alpha value is -0.910. The number of hydrogen-bond donors (Lipinski definition) is 1. The summed E-state index contributed by atoms with van der Waals surface area (Å²) in [5, 5.41) is 12.9. The van der Waals surface area contributed by atoms with E-state index in [1.807, 2.05) is 5.01 Å². The molecule has 11 heteroatoms. The van der Waals surface area contributed by atoms with E-state index in [0.717, 1.165) is 0 Å². The molecule has 0 saturated carbocycles. The van der Waals surface area contributed by atoms with Crippen molar-refractivity contribution in [3.63, 3.8) is 0 Å². The van der Waals surface area contributed by atoms with Crippen molar-refractivity contribution >= 4 is 26.1 Å². The molecule has 1 aliphatic rings. The van der Waals surface area contributed by atoms with Gasteiger partial charge in [-0.2, -0.15) is 17.0 Å². The first-order valence-electron chi connectivity index (χ1n) is 5.56. The summed E-state index contributed by atoms with van der Waals surface area (Å²) in [5.41, 5.74) is -0.0663. The molecule has 1 aliphatic heterocycles. The lowest BCUT2D eigenvalue weighted by Gasteiger charge is -2.35. The molecule has 0 amide bonds. The maximum Gasteiger partial charge on any atom is 0.332 e. The number of nitrogens with one attached hydrogen (secondary N) is 1. The van der Waals surface area contributed by atoms with Crippen molar-refractivity contribution in [1.82, 2.24) is 13.9 Å². The van der Waals surface area contributed by atoms with Crippen LogP contribution < -0.4 is 20.6 Å². The van der Waals surface area contributed by atoms with Gasteiger partial charge in [-0.25, -0.2) is 0 Å². The Morgan fingerprint density at radius 2 is 1.95 bits per heavy atom. The molecule has 1 aromatic rings. The SMILES string of the molecule is CN(C)S(=O)(=O)N1CCN([n+]2[n-]oc(=N)c2Br)CC1. The number of hydrogen-bond acceptors (Lipinski definition) is 5. The predicted octanol–water partition coefficient (Wildman–Crippen LogP) is -2.17. The van der Waals surface area contributed by atoms with E-state index < -0.39 is 10.2 Å². The van der Waals surface area contributed by atoms with Gasteiger partial charge in [0.05, 0.1) is 0 Å². The highest BCUT2D eigenvalue weighted by Crippen LogP contribution is 2.07. The standard InChI is InChI=1S/C8H15BrN6O3S/c1-12(2)19(16,17)14-5-3-13(4-6-14)15-7(9)8(10)18-11-15/h10H,3-6H2,1-2H3. The second kappa shape index (κ2) is 5.23. The molecular weight excluding hydrogens is 340 g/mol. The highest BCUT2D eigenvalue weighted by molar-refractivity contribution is 9.10. The maximum absolute atomic E-state index is 12.0. The number of piperazine rings is 1. The van der Waals surface area contributed by atoms with Crippen LogP contribution in [-0.2, 0) is 10.2 Å². The van der Waals surface area contributed by atoms with Crippen LogP contribution in [0.25, 0.3) is 0 Å². The Kier molecular flexibility index (Phi) is 3.99. The molecule has 108 valence electrons. The highest BCUT2D eigenvalue weighted by atomic mass is 79.9. The molecule has 1 aromatic heterocycles. The molecule has 0 bridgehead atoms.